The molecular weight excluding hydrogens is 406 g/mol. The van der Waals surface area contributed by atoms with Gasteiger partial charge in [0.15, 0.2) is 0 Å². The van der Waals surface area contributed by atoms with Crippen LogP contribution in [0.5, 0.6) is 0 Å². The number of pyridine rings is 1. The number of anilines is 2. The minimum absolute atomic E-state index is 0.0861. The third-order valence-corrected chi connectivity index (χ3v) is 6.26. The molecule has 0 aromatic carbocycles. The van der Waals surface area contributed by atoms with Crippen LogP contribution in [0, 0.1) is 13.8 Å². The maximum absolute atomic E-state index is 12.8. The molecule has 3 aromatic heterocycles. The van der Waals surface area contributed by atoms with Crippen molar-refractivity contribution in [2.75, 3.05) is 35.9 Å². The molecule has 0 saturated carbocycles. The van der Waals surface area contributed by atoms with Gasteiger partial charge in [-0.3, -0.25) is 14.4 Å². The lowest BCUT2D eigenvalue weighted by molar-refractivity contribution is 0.122. The van der Waals surface area contributed by atoms with E-state index in [4.69, 9.17) is 4.74 Å². The van der Waals surface area contributed by atoms with Crippen molar-refractivity contribution in [1.82, 2.24) is 24.7 Å². The summed E-state index contributed by atoms with van der Waals surface area (Å²) in [5.74, 6) is 0.789. The highest BCUT2D eigenvalue weighted by molar-refractivity contribution is 7.92. The number of hydrogen-bond acceptors (Lipinski definition) is 8. The highest BCUT2D eigenvalue weighted by Gasteiger charge is 2.22. The van der Waals surface area contributed by atoms with E-state index in [9.17, 15) is 8.42 Å². The van der Waals surface area contributed by atoms with Gasteiger partial charge >= 0.3 is 0 Å². The molecule has 4 rings (SSSR count). The monoisotopic (exact) mass is 429 g/mol. The molecule has 0 aliphatic carbocycles. The van der Waals surface area contributed by atoms with Crippen LogP contribution in [0.4, 0.5) is 11.5 Å². The summed E-state index contributed by atoms with van der Waals surface area (Å²) in [7, 11) is -2.12. The Morgan fingerprint density at radius 2 is 1.83 bits per heavy atom. The quantitative estimate of drug-likeness (QED) is 0.649. The highest BCUT2D eigenvalue weighted by Crippen LogP contribution is 2.33. The van der Waals surface area contributed by atoms with Crippen LogP contribution in [0.1, 0.15) is 11.4 Å². The summed E-state index contributed by atoms with van der Waals surface area (Å²) in [5, 5.41) is 3.94. The van der Waals surface area contributed by atoms with Gasteiger partial charge in [0, 0.05) is 43.7 Å². The fourth-order valence-corrected chi connectivity index (χ4v) is 4.42. The molecule has 0 atom stereocenters. The molecule has 0 spiro atoms. The smallest absolute Gasteiger partial charge is 0.265 e. The summed E-state index contributed by atoms with van der Waals surface area (Å²) < 4.78 is 35.0. The second kappa shape index (κ2) is 8.00. The second-order valence-electron chi connectivity index (χ2n) is 7.07. The van der Waals surface area contributed by atoms with Gasteiger partial charge in [0.25, 0.3) is 10.0 Å². The zero-order chi connectivity index (χ0) is 21.3. The van der Waals surface area contributed by atoms with Crippen LogP contribution in [0.3, 0.4) is 0 Å². The number of aromatic nitrogens is 5. The average molecular weight is 430 g/mol. The second-order valence-corrected chi connectivity index (χ2v) is 8.75. The summed E-state index contributed by atoms with van der Waals surface area (Å²) in [4.78, 5) is 15.5. The predicted octanol–water partition coefficient (Wildman–Crippen LogP) is 1.53. The Kier molecular flexibility index (Phi) is 5.39. The predicted molar refractivity (Wildman–Crippen MR) is 112 cm³/mol. The van der Waals surface area contributed by atoms with Gasteiger partial charge in [0.2, 0.25) is 0 Å². The molecule has 1 N–H and O–H groups in total. The van der Waals surface area contributed by atoms with Gasteiger partial charge in [-0.25, -0.2) is 18.4 Å². The maximum Gasteiger partial charge on any atom is 0.265 e. The fourth-order valence-electron chi connectivity index (χ4n) is 3.33. The van der Waals surface area contributed by atoms with Crippen LogP contribution in [0.2, 0.25) is 0 Å². The normalized spacial score (nSPS) is 14.7. The van der Waals surface area contributed by atoms with Crippen LogP contribution in [0.15, 0.2) is 35.9 Å². The van der Waals surface area contributed by atoms with Gasteiger partial charge in [-0.2, -0.15) is 5.10 Å². The summed E-state index contributed by atoms with van der Waals surface area (Å²) >= 11 is 0. The van der Waals surface area contributed by atoms with E-state index in [1.54, 1.807) is 26.2 Å². The molecule has 158 valence electrons. The van der Waals surface area contributed by atoms with Crippen molar-refractivity contribution in [2.45, 2.75) is 18.7 Å². The Labute approximate surface area is 175 Å². The molecule has 1 aliphatic rings. The molecule has 0 unspecified atom stereocenters. The molecule has 3 aromatic rings. The molecule has 4 heterocycles. The Bertz CT molecular complexity index is 1170. The van der Waals surface area contributed by atoms with Gasteiger partial charge in [-0.05, 0) is 19.9 Å². The first-order chi connectivity index (χ1) is 14.3. The average Bonchev–Trinajstić information content (AvgIpc) is 3.18. The summed E-state index contributed by atoms with van der Waals surface area (Å²) in [5.41, 5.74) is 3.32. The van der Waals surface area contributed by atoms with Crippen molar-refractivity contribution in [3.05, 3.63) is 42.4 Å². The van der Waals surface area contributed by atoms with Crippen molar-refractivity contribution in [3.63, 3.8) is 0 Å². The van der Waals surface area contributed by atoms with Gasteiger partial charge in [-0.1, -0.05) is 0 Å². The maximum atomic E-state index is 12.8. The van der Waals surface area contributed by atoms with Gasteiger partial charge in [0.1, 0.15) is 17.0 Å². The highest BCUT2D eigenvalue weighted by atomic mass is 32.2. The third-order valence-electron chi connectivity index (χ3n) is 4.94. The van der Waals surface area contributed by atoms with E-state index in [2.05, 4.69) is 29.7 Å². The van der Waals surface area contributed by atoms with Crippen LogP contribution in [0.25, 0.3) is 11.1 Å². The molecule has 1 aliphatic heterocycles. The van der Waals surface area contributed by atoms with Crippen molar-refractivity contribution >= 4 is 21.5 Å². The Morgan fingerprint density at radius 3 is 2.53 bits per heavy atom. The number of nitrogens with zero attached hydrogens (tertiary/aromatic N) is 6. The number of rotatable bonds is 5. The van der Waals surface area contributed by atoms with E-state index < -0.39 is 10.0 Å². The van der Waals surface area contributed by atoms with E-state index in [1.807, 2.05) is 6.92 Å². The summed E-state index contributed by atoms with van der Waals surface area (Å²) in [6.45, 7) is 6.37. The van der Waals surface area contributed by atoms with E-state index in [0.717, 1.165) is 35.7 Å². The van der Waals surface area contributed by atoms with E-state index in [1.165, 1.54) is 23.4 Å². The molecular formula is C19H23N7O3S. The number of nitrogens with one attached hydrogen (secondary N) is 1. The molecule has 0 radical (unpaired) electrons. The van der Waals surface area contributed by atoms with Crippen molar-refractivity contribution in [2.24, 2.45) is 7.05 Å². The Morgan fingerprint density at radius 1 is 1.07 bits per heavy atom. The molecule has 11 heteroatoms. The largest absolute Gasteiger partial charge is 0.378 e. The SMILES string of the molecule is Cc1ncc(-c2c(C)ncnc2N2CCOCC2)cc1NS(=O)(=O)c1cnn(C)c1. The fraction of sp³-hybridized carbons (Fsp3) is 0.368. The van der Waals surface area contributed by atoms with Crippen molar-refractivity contribution in [1.29, 1.82) is 0 Å². The lowest BCUT2D eigenvalue weighted by atomic mass is 10.0. The molecule has 0 amide bonds. The number of morpholine rings is 1. The first-order valence-corrected chi connectivity index (χ1v) is 11.0. The number of sulfonamides is 1. The molecule has 0 bridgehead atoms. The number of aryl methyl sites for hydroxylation is 3. The zero-order valence-corrected chi connectivity index (χ0v) is 17.8. The van der Waals surface area contributed by atoms with E-state index in [-0.39, 0.29) is 4.90 Å². The topological polar surface area (TPSA) is 115 Å². The third kappa shape index (κ3) is 3.98. The zero-order valence-electron chi connectivity index (χ0n) is 17.0. The van der Waals surface area contributed by atoms with Gasteiger partial charge < -0.3 is 9.64 Å². The molecule has 1 saturated heterocycles. The van der Waals surface area contributed by atoms with Crippen LogP contribution < -0.4 is 9.62 Å². The lowest BCUT2D eigenvalue weighted by Gasteiger charge is -2.29. The van der Waals surface area contributed by atoms with Crippen LogP contribution in [-0.4, -0.2) is 59.5 Å². The first-order valence-electron chi connectivity index (χ1n) is 9.48. The summed E-state index contributed by atoms with van der Waals surface area (Å²) in [6, 6.07) is 1.77. The molecule has 10 nitrogen and oxygen atoms in total. The Hall–Kier alpha value is -3.05. The Balaban J connectivity index is 1.74. The van der Waals surface area contributed by atoms with Crippen LogP contribution >= 0.6 is 0 Å². The summed E-state index contributed by atoms with van der Waals surface area (Å²) in [6.07, 6.45) is 6.01. The standard InChI is InChI=1S/C19H23N7O3S/c1-13-17(24-30(27,28)16-10-23-25(3)11-16)8-15(9-20-13)18-14(2)21-12-22-19(18)26-4-6-29-7-5-26/h8-12,24H,4-7H2,1-3H3. The minimum Gasteiger partial charge on any atom is -0.378 e. The van der Waals surface area contributed by atoms with Gasteiger partial charge in [-0.15, -0.1) is 0 Å². The lowest BCUT2D eigenvalue weighted by Crippen LogP contribution is -2.37. The van der Waals surface area contributed by atoms with Gasteiger partial charge in [0.05, 0.1) is 36.5 Å². The number of hydrogen-bond donors (Lipinski definition) is 1. The minimum atomic E-state index is -3.79. The van der Waals surface area contributed by atoms with E-state index in [0.29, 0.717) is 24.6 Å². The van der Waals surface area contributed by atoms with Crippen LogP contribution in [-0.2, 0) is 21.8 Å². The van der Waals surface area contributed by atoms with Crippen molar-refractivity contribution < 1.29 is 13.2 Å². The van der Waals surface area contributed by atoms with E-state index >= 15 is 0 Å². The van der Waals surface area contributed by atoms with Crippen molar-refractivity contribution in [3.8, 4) is 11.1 Å². The first kappa shape index (κ1) is 20.2. The molecule has 1 fully saturated rings. The molecule has 30 heavy (non-hydrogen) atoms. The number of ether oxygens (including phenoxy) is 1.